The molecule has 1 aromatic carbocycles. The van der Waals surface area contributed by atoms with E-state index in [1.54, 1.807) is 13.4 Å². The van der Waals surface area contributed by atoms with E-state index in [2.05, 4.69) is 23.2 Å². The van der Waals surface area contributed by atoms with Gasteiger partial charge in [0.25, 0.3) is 0 Å². The van der Waals surface area contributed by atoms with Crippen molar-refractivity contribution < 1.29 is 4.74 Å². The Morgan fingerprint density at radius 2 is 2.10 bits per heavy atom. The summed E-state index contributed by atoms with van der Waals surface area (Å²) in [6.07, 6.45) is 3.50. The summed E-state index contributed by atoms with van der Waals surface area (Å²) in [5.41, 5.74) is 7.63. The molecule has 0 amide bonds. The molecule has 0 aliphatic heterocycles. The van der Waals surface area contributed by atoms with Crippen LogP contribution in [0.2, 0.25) is 0 Å². The smallest absolute Gasteiger partial charge is 0.143 e. The first kappa shape index (κ1) is 13.1. The Hall–Kier alpha value is -1.88. The Morgan fingerprint density at radius 3 is 2.65 bits per heavy atom. The predicted molar refractivity (Wildman–Crippen MR) is 77.3 cm³/mol. The van der Waals surface area contributed by atoms with Gasteiger partial charge in [0.05, 0.1) is 11.0 Å². The van der Waals surface area contributed by atoms with Gasteiger partial charge in [-0.3, -0.25) is 0 Å². The van der Waals surface area contributed by atoms with Gasteiger partial charge >= 0.3 is 0 Å². The Labute approximate surface area is 118 Å². The van der Waals surface area contributed by atoms with Gasteiger partial charge in [-0.15, -0.1) is 10.2 Å². The minimum atomic E-state index is -0.161. The number of ether oxygens (including phenoxy) is 1. The number of hydrogen-bond acceptors (Lipinski definition) is 4. The summed E-state index contributed by atoms with van der Waals surface area (Å²) in [4.78, 5) is 0. The van der Waals surface area contributed by atoms with Crippen LogP contribution in [0.1, 0.15) is 31.2 Å². The molecule has 2 N–H and O–H groups in total. The number of aryl methyl sites for hydroxylation is 1. The molecular weight excluding hydrogens is 252 g/mol. The average Bonchev–Trinajstić information content (AvgIpc) is 2.81. The van der Waals surface area contributed by atoms with Crippen LogP contribution in [0.15, 0.2) is 30.6 Å². The van der Waals surface area contributed by atoms with Crippen LogP contribution < -0.4 is 5.73 Å². The molecule has 0 radical (unpaired) electrons. The van der Waals surface area contributed by atoms with Crippen LogP contribution in [0, 0.1) is 0 Å². The lowest BCUT2D eigenvalue weighted by Crippen LogP contribution is -2.55. The first-order valence-corrected chi connectivity index (χ1v) is 6.75. The minimum absolute atomic E-state index is 0.115. The van der Waals surface area contributed by atoms with E-state index in [1.807, 2.05) is 29.8 Å². The zero-order valence-electron chi connectivity index (χ0n) is 12.1. The maximum absolute atomic E-state index is 5.95. The number of methoxy groups -OCH3 is 1. The van der Waals surface area contributed by atoms with Crippen LogP contribution in [0.25, 0.3) is 0 Å². The molecular formula is C15H20N4O. The third-order valence-electron chi connectivity index (χ3n) is 4.42. The summed E-state index contributed by atoms with van der Waals surface area (Å²) in [6, 6.07) is 8.04. The lowest BCUT2D eigenvalue weighted by atomic mass is 9.56. The van der Waals surface area contributed by atoms with Gasteiger partial charge < -0.3 is 15.0 Å². The molecule has 1 saturated carbocycles. The summed E-state index contributed by atoms with van der Waals surface area (Å²) in [5.74, 6) is 0.970. The Balaban J connectivity index is 2.09. The van der Waals surface area contributed by atoms with Crippen LogP contribution in [0.5, 0.6) is 0 Å². The fraction of sp³-hybridized carbons (Fsp3) is 0.467. The fourth-order valence-electron chi connectivity index (χ4n) is 3.41. The van der Waals surface area contributed by atoms with Crippen LogP contribution in [0.4, 0.5) is 5.69 Å². The molecule has 0 saturated heterocycles. The van der Waals surface area contributed by atoms with Crippen LogP contribution in [-0.4, -0.2) is 27.5 Å². The monoisotopic (exact) mass is 272 g/mol. The normalized spacial score (nSPS) is 29.1. The van der Waals surface area contributed by atoms with E-state index in [0.717, 1.165) is 24.4 Å². The van der Waals surface area contributed by atoms with Gasteiger partial charge in [-0.2, -0.15) is 0 Å². The molecule has 0 unspecified atom stereocenters. The van der Waals surface area contributed by atoms with Crippen molar-refractivity contribution in [2.24, 2.45) is 7.05 Å². The van der Waals surface area contributed by atoms with Crippen molar-refractivity contribution in [1.29, 1.82) is 0 Å². The van der Waals surface area contributed by atoms with E-state index >= 15 is 0 Å². The lowest BCUT2D eigenvalue weighted by Gasteiger charge is -2.53. The van der Waals surface area contributed by atoms with Gasteiger partial charge in [0.1, 0.15) is 12.2 Å². The topological polar surface area (TPSA) is 66.0 Å². The third-order valence-corrected chi connectivity index (χ3v) is 4.42. The molecule has 5 heteroatoms. The second-order valence-electron chi connectivity index (χ2n) is 5.98. The molecule has 0 spiro atoms. The summed E-state index contributed by atoms with van der Waals surface area (Å²) in [7, 11) is 3.74. The predicted octanol–water partition coefficient (Wildman–Crippen LogP) is 1.88. The van der Waals surface area contributed by atoms with Crippen molar-refractivity contribution in [2.45, 2.75) is 30.8 Å². The van der Waals surface area contributed by atoms with Crippen molar-refractivity contribution in [3.05, 3.63) is 42.0 Å². The third kappa shape index (κ3) is 1.81. The van der Waals surface area contributed by atoms with Crippen molar-refractivity contribution in [2.75, 3.05) is 12.8 Å². The fourth-order valence-corrected chi connectivity index (χ4v) is 3.41. The second kappa shape index (κ2) is 4.31. The van der Waals surface area contributed by atoms with Crippen LogP contribution >= 0.6 is 0 Å². The van der Waals surface area contributed by atoms with Crippen molar-refractivity contribution in [3.63, 3.8) is 0 Å². The number of nitrogen functional groups attached to an aromatic ring is 1. The number of nitrogens with two attached hydrogens (primary N) is 1. The van der Waals surface area contributed by atoms with Gasteiger partial charge in [0.15, 0.2) is 0 Å². The van der Waals surface area contributed by atoms with E-state index in [0.29, 0.717) is 0 Å². The van der Waals surface area contributed by atoms with Gasteiger partial charge in [0.2, 0.25) is 0 Å². The number of nitrogens with zero attached hydrogens (tertiary/aromatic N) is 3. The zero-order valence-corrected chi connectivity index (χ0v) is 12.1. The van der Waals surface area contributed by atoms with Gasteiger partial charge in [0, 0.05) is 19.8 Å². The van der Waals surface area contributed by atoms with Crippen molar-refractivity contribution in [3.8, 4) is 0 Å². The highest BCUT2D eigenvalue weighted by atomic mass is 16.5. The quantitative estimate of drug-likeness (QED) is 0.866. The number of benzene rings is 1. The minimum Gasteiger partial charge on any atom is -0.399 e. The Kier molecular flexibility index (Phi) is 2.83. The lowest BCUT2D eigenvalue weighted by molar-refractivity contribution is -0.0965. The number of rotatable bonds is 3. The van der Waals surface area contributed by atoms with E-state index in [9.17, 15) is 0 Å². The van der Waals surface area contributed by atoms with E-state index < -0.39 is 0 Å². The highest BCUT2D eigenvalue weighted by Crippen LogP contribution is 2.55. The maximum atomic E-state index is 5.95. The molecule has 106 valence electrons. The first-order chi connectivity index (χ1) is 9.49. The van der Waals surface area contributed by atoms with Gasteiger partial charge in [-0.05, 0) is 37.5 Å². The summed E-state index contributed by atoms with van der Waals surface area (Å²) in [5, 5.41) is 8.36. The Bertz CT molecular complexity index is 628. The zero-order chi connectivity index (χ0) is 14.4. The number of hydrogen-bond donors (Lipinski definition) is 1. The molecule has 0 atom stereocenters. The molecule has 1 heterocycles. The average molecular weight is 272 g/mol. The van der Waals surface area contributed by atoms with E-state index in [4.69, 9.17) is 10.5 Å². The largest absolute Gasteiger partial charge is 0.399 e. The molecule has 2 aromatic rings. The first-order valence-electron chi connectivity index (χ1n) is 6.75. The molecule has 0 bridgehead atoms. The molecule has 5 nitrogen and oxygen atoms in total. The van der Waals surface area contributed by atoms with Crippen LogP contribution in [0.3, 0.4) is 0 Å². The van der Waals surface area contributed by atoms with E-state index in [-0.39, 0.29) is 11.0 Å². The molecule has 1 aromatic heterocycles. The summed E-state index contributed by atoms with van der Waals surface area (Å²) >= 11 is 0. The summed E-state index contributed by atoms with van der Waals surface area (Å²) in [6.45, 7) is 2.13. The molecule has 1 aliphatic carbocycles. The van der Waals surface area contributed by atoms with Crippen molar-refractivity contribution in [1.82, 2.24) is 14.8 Å². The molecule has 1 fully saturated rings. The number of aromatic nitrogens is 3. The molecule has 3 rings (SSSR count). The summed E-state index contributed by atoms with van der Waals surface area (Å²) < 4.78 is 7.61. The highest BCUT2D eigenvalue weighted by molar-refractivity contribution is 5.48. The van der Waals surface area contributed by atoms with Crippen molar-refractivity contribution >= 4 is 5.69 Å². The Morgan fingerprint density at radius 1 is 1.35 bits per heavy atom. The van der Waals surface area contributed by atoms with Gasteiger partial charge in [-0.1, -0.05) is 12.1 Å². The molecule has 1 aliphatic rings. The standard InChI is InChI=1S/C15H20N4O/c1-14(20-3)8-15(9-14,13-18-17-10-19(13)2)11-5-4-6-12(16)7-11/h4-7,10H,8-9,16H2,1-3H3. The number of anilines is 1. The SMILES string of the molecule is COC1(C)CC(c2cccc(N)c2)(c2nncn2C)C1. The van der Waals surface area contributed by atoms with Crippen LogP contribution in [-0.2, 0) is 17.2 Å². The van der Waals surface area contributed by atoms with E-state index in [1.165, 1.54) is 5.56 Å². The van der Waals surface area contributed by atoms with Gasteiger partial charge in [-0.25, -0.2) is 0 Å². The second-order valence-corrected chi connectivity index (χ2v) is 5.98. The maximum Gasteiger partial charge on any atom is 0.143 e. The molecule has 20 heavy (non-hydrogen) atoms. The highest BCUT2D eigenvalue weighted by Gasteiger charge is 2.56.